The van der Waals surface area contributed by atoms with Crippen LogP contribution in [0.4, 0.5) is 4.39 Å². The first kappa shape index (κ1) is 11.8. The molecule has 0 aliphatic carbocycles. The summed E-state index contributed by atoms with van der Waals surface area (Å²) in [5.41, 5.74) is 0.388. The highest BCUT2D eigenvalue weighted by Crippen LogP contribution is 2.17. The number of benzene rings is 1. The lowest BCUT2D eigenvalue weighted by atomic mass is 10.1. The van der Waals surface area contributed by atoms with Gasteiger partial charge in [0.05, 0.1) is 11.4 Å². The molecule has 0 bridgehead atoms. The molecule has 0 aliphatic heterocycles. The van der Waals surface area contributed by atoms with E-state index in [4.69, 9.17) is 11.6 Å². The molecule has 2 rings (SSSR count). The van der Waals surface area contributed by atoms with Crippen LogP contribution in [0.5, 0.6) is 0 Å². The van der Waals surface area contributed by atoms with Crippen LogP contribution < -0.4 is 0 Å². The minimum absolute atomic E-state index is 0.0457. The first-order valence-electron chi connectivity index (χ1n) is 5.02. The molecule has 2 aromatic rings. The Bertz CT molecular complexity index is 565. The summed E-state index contributed by atoms with van der Waals surface area (Å²) < 4.78 is 14.7. The van der Waals surface area contributed by atoms with Gasteiger partial charge in [-0.15, -0.1) is 0 Å². The Labute approximate surface area is 103 Å². The SMILES string of the molecule is Cn1ccnc1CC(=O)c1ccc(F)c(Cl)c1. The van der Waals surface area contributed by atoms with Crippen molar-refractivity contribution in [1.82, 2.24) is 9.55 Å². The molecule has 0 amide bonds. The molecule has 0 aliphatic rings. The number of hydrogen-bond donors (Lipinski definition) is 0. The van der Waals surface area contributed by atoms with Crippen molar-refractivity contribution in [3.63, 3.8) is 0 Å². The zero-order valence-corrected chi connectivity index (χ0v) is 9.91. The maximum Gasteiger partial charge on any atom is 0.170 e. The average Bonchev–Trinajstić information content (AvgIpc) is 2.68. The minimum atomic E-state index is -0.528. The number of imidazole rings is 1. The van der Waals surface area contributed by atoms with E-state index < -0.39 is 5.82 Å². The van der Waals surface area contributed by atoms with Gasteiger partial charge in [-0.25, -0.2) is 9.37 Å². The van der Waals surface area contributed by atoms with Crippen LogP contribution in [-0.4, -0.2) is 15.3 Å². The van der Waals surface area contributed by atoms with Gasteiger partial charge in [0, 0.05) is 25.0 Å². The summed E-state index contributed by atoms with van der Waals surface area (Å²) in [6.45, 7) is 0. The van der Waals surface area contributed by atoms with Crippen LogP contribution in [0.3, 0.4) is 0 Å². The third kappa shape index (κ3) is 2.53. The van der Waals surface area contributed by atoms with E-state index in [-0.39, 0.29) is 17.2 Å². The number of hydrogen-bond acceptors (Lipinski definition) is 2. The van der Waals surface area contributed by atoms with E-state index in [1.807, 2.05) is 7.05 Å². The van der Waals surface area contributed by atoms with Crippen molar-refractivity contribution >= 4 is 17.4 Å². The minimum Gasteiger partial charge on any atom is -0.338 e. The Morgan fingerprint density at radius 1 is 1.53 bits per heavy atom. The first-order valence-corrected chi connectivity index (χ1v) is 5.40. The number of carbonyl (C=O) groups excluding carboxylic acids is 1. The van der Waals surface area contributed by atoms with Crippen LogP contribution in [0, 0.1) is 5.82 Å². The Morgan fingerprint density at radius 3 is 2.88 bits per heavy atom. The van der Waals surface area contributed by atoms with E-state index in [1.54, 1.807) is 17.0 Å². The molecule has 17 heavy (non-hydrogen) atoms. The Balaban J connectivity index is 2.20. The number of aryl methyl sites for hydroxylation is 1. The summed E-state index contributed by atoms with van der Waals surface area (Å²) in [4.78, 5) is 15.9. The number of nitrogens with zero attached hydrogens (tertiary/aromatic N) is 2. The molecule has 3 nitrogen and oxygen atoms in total. The summed E-state index contributed by atoms with van der Waals surface area (Å²) in [6, 6.07) is 3.95. The van der Waals surface area contributed by atoms with Gasteiger partial charge in [-0.05, 0) is 18.2 Å². The van der Waals surface area contributed by atoms with Crippen molar-refractivity contribution in [2.75, 3.05) is 0 Å². The maximum atomic E-state index is 12.9. The smallest absolute Gasteiger partial charge is 0.170 e. The summed E-state index contributed by atoms with van der Waals surface area (Å²) in [7, 11) is 1.81. The normalized spacial score (nSPS) is 10.5. The van der Waals surface area contributed by atoms with E-state index in [9.17, 15) is 9.18 Å². The lowest BCUT2D eigenvalue weighted by Crippen LogP contribution is -2.08. The standard InChI is InChI=1S/C12H10ClFN2O/c1-16-5-4-15-12(16)7-11(17)8-2-3-10(14)9(13)6-8/h2-6H,7H2,1H3. The number of rotatable bonds is 3. The van der Waals surface area contributed by atoms with E-state index in [1.165, 1.54) is 18.2 Å². The van der Waals surface area contributed by atoms with Crippen LogP contribution in [0.1, 0.15) is 16.2 Å². The summed E-state index contributed by atoms with van der Waals surface area (Å²) in [5, 5.41) is -0.0457. The second-order valence-electron chi connectivity index (χ2n) is 3.68. The highest BCUT2D eigenvalue weighted by atomic mass is 35.5. The molecule has 1 aromatic carbocycles. The van der Waals surface area contributed by atoms with Crippen molar-refractivity contribution in [2.24, 2.45) is 7.05 Å². The molecule has 0 unspecified atom stereocenters. The fourth-order valence-corrected chi connectivity index (χ4v) is 1.66. The number of carbonyl (C=O) groups is 1. The molecule has 5 heteroatoms. The van der Waals surface area contributed by atoms with Crippen LogP contribution in [0.2, 0.25) is 5.02 Å². The molecule has 0 saturated heterocycles. The van der Waals surface area contributed by atoms with Crippen molar-refractivity contribution in [1.29, 1.82) is 0 Å². The Kier molecular flexibility index (Phi) is 3.24. The van der Waals surface area contributed by atoms with Crippen molar-refractivity contribution < 1.29 is 9.18 Å². The van der Waals surface area contributed by atoms with Crippen molar-refractivity contribution in [3.8, 4) is 0 Å². The van der Waals surface area contributed by atoms with E-state index >= 15 is 0 Å². The predicted octanol–water partition coefficient (Wildman–Crippen LogP) is 2.64. The van der Waals surface area contributed by atoms with Gasteiger partial charge in [0.2, 0.25) is 0 Å². The Morgan fingerprint density at radius 2 is 2.29 bits per heavy atom. The largest absolute Gasteiger partial charge is 0.338 e. The van der Waals surface area contributed by atoms with Gasteiger partial charge in [0.25, 0.3) is 0 Å². The van der Waals surface area contributed by atoms with Gasteiger partial charge in [0.15, 0.2) is 5.78 Å². The number of Topliss-reactive ketones (excluding diaryl/α,β-unsaturated/α-hetero) is 1. The fourth-order valence-electron chi connectivity index (χ4n) is 1.48. The molecule has 88 valence electrons. The molecule has 1 heterocycles. The topological polar surface area (TPSA) is 34.9 Å². The van der Waals surface area contributed by atoms with Crippen molar-refractivity contribution in [3.05, 3.63) is 52.8 Å². The molecule has 0 radical (unpaired) electrons. The fraction of sp³-hybridized carbons (Fsp3) is 0.167. The van der Waals surface area contributed by atoms with Gasteiger partial charge in [-0.2, -0.15) is 0 Å². The monoisotopic (exact) mass is 252 g/mol. The van der Waals surface area contributed by atoms with Crippen LogP contribution in [0.15, 0.2) is 30.6 Å². The molecular weight excluding hydrogens is 243 g/mol. The van der Waals surface area contributed by atoms with Crippen LogP contribution in [0.25, 0.3) is 0 Å². The molecule has 0 N–H and O–H groups in total. The molecule has 0 fully saturated rings. The third-order valence-electron chi connectivity index (χ3n) is 2.48. The lowest BCUT2D eigenvalue weighted by Gasteiger charge is -2.02. The first-order chi connectivity index (χ1) is 8.08. The van der Waals surface area contributed by atoms with E-state index in [0.29, 0.717) is 11.4 Å². The summed E-state index contributed by atoms with van der Waals surface area (Å²) in [6.07, 6.45) is 3.56. The zero-order chi connectivity index (χ0) is 12.4. The number of ketones is 1. The van der Waals surface area contributed by atoms with Gasteiger partial charge in [-0.1, -0.05) is 11.6 Å². The summed E-state index contributed by atoms with van der Waals surface area (Å²) >= 11 is 5.62. The van der Waals surface area contributed by atoms with Gasteiger partial charge < -0.3 is 4.57 Å². The van der Waals surface area contributed by atoms with Crippen molar-refractivity contribution in [2.45, 2.75) is 6.42 Å². The van der Waals surface area contributed by atoms with Crippen LogP contribution >= 0.6 is 11.6 Å². The van der Waals surface area contributed by atoms with Crippen LogP contribution in [-0.2, 0) is 13.5 Å². The van der Waals surface area contributed by atoms with E-state index in [2.05, 4.69) is 4.98 Å². The summed E-state index contributed by atoms with van der Waals surface area (Å²) in [5.74, 6) is -0.00291. The van der Waals surface area contributed by atoms with Gasteiger partial charge >= 0.3 is 0 Å². The van der Waals surface area contributed by atoms with E-state index in [0.717, 1.165) is 0 Å². The highest BCUT2D eigenvalue weighted by molar-refractivity contribution is 6.31. The van der Waals surface area contributed by atoms with Gasteiger partial charge in [-0.3, -0.25) is 4.79 Å². The number of halogens is 2. The van der Waals surface area contributed by atoms with Gasteiger partial charge in [0.1, 0.15) is 11.6 Å². The molecule has 1 aromatic heterocycles. The second kappa shape index (κ2) is 4.67. The predicted molar refractivity (Wildman–Crippen MR) is 62.7 cm³/mol. The Hall–Kier alpha value is -1.68. The molecule has 0 saturated carbocycles. The molecular formula is C12H10ClFN2O. The lowest BCUT2D eigenvalue weighted by molar-refractivity contribution is 0.0990. The highest BCUT2D eigenvalue weighted by Gasteiger charge is 2.11. The zero-order valence-electron chi connectivity index (χ0n) is 9.15. The maximum absolute atomic E-state index is 12.9. The quantitative estimate of drug-likeness (QED) is 0.787. The molecule has 0 atom stereocenters. The second-order valence-corrected chi connectivity index (χ2v) is 4.09. The molecule has 0 spiro atoms. The third-order valence-corrected chi connectivity index (χ3v) is 2.77. The average molecular weight is 253 g/mol. The number of aromatic nitrogens is 2.